The Kier molecular flexibility index (Phi) is 3.86. The Bertz CT molecular complexity index is 709. The van der Waals surface area contributed by atoms with Crippen LogP contribution in [0.1, 0.15) is 5.56 Å². The third-order valence-electron chi connectivity index (χ3n) is 3.36. The average Bonchev–Trinajstić information content (AvgIpc) is 2.98. The van der Waals surface area contributed by atoms with Gasteiger partial charge >= 0.3 is 7.12 Å². The van der Waals surface area contributed by atoms with Crippen molar-refractivity contribution in [2.24, 2.45) is 0 Å². The van der Waals surface area contributed by atoms with Crippen LogP contribution in [0.4, 0.5) is 0 Å². The predicted molar refractivity (Wildman–Crippen MR) is 83.0 cm³/mol. The summed E-state index contributed by atoms with van der Waals surface area (Å²) in [5.74, 6) is 0. The maximum atomic E-state index is 9.07. The Hall–Kier alpha value is -2.37. The van der Waals surface area contributed by atoms with E-state index in [0.717, 1.165) is 5.56 Å². The summed E-state index contributed by atoms with van der Waals surface area (Å²) in [6.07, 6.45) is 3.10. The topological polar surface area (TPSA) is 58.3 Å². The van der Waals surface area contributed by atoms with Gasteiger partial charge in [-0.25, -0.2) is 0 Å². The van der Waals surface area contributed by atoms with E-state index in [1.165, 1.54) is 17.3 Å². The van der Waals surface area contributed by atoms with Gasteiger partial charge in [-0.1, -0.05) is 54.6 Å². The molecule has 0 saturated heterocycles. The lowest BCUT2D eigenvalue weighted by Gasteiger charge is -2.05. The van der Waals surface area contributed by atoms with E-state index in [0.29, 0.717) is 12.0 Å². The molecule has 21 heavy (non-hydrogen) atoms. The van der Waals surface area contributed by atoms with Crippen LogP contribution in [0.2, 0.25) is 0 Å². The molecular formula is C16H15BN2O2. The molecule has 0 unspecified atom stereocenters. The highest BCUT2D eigenvalue weighted by atomic mass is 16.4. The molecule has 0 fully saturated rings. The second-order valence-corrected chi connectivity index (χ2v) is 4.91. The molecule has 0 saturated carbocycles. The van der Waals surface area contributed by atoms with E-state index in [-0.39, 0.29) is 0 Å². The molecule has 0 bridgehead atoms. The Morgan fingerprint density at radius 2 is 1.57 bits per heavy atom. The van der Waals surface area contributed by atoms with Crippen LogP contribution in [0.15, 0.2) is 67.0 Å². The highest BCUT2D eigenvalue weighted by molar-refractivity contribution is 6.58. The number of benzene rings is 2. The first-order valence-corrected chi connectivity index (χ1v) is 6.75. The molecule has 0 aliphatic rings. The van der Waals surface area contributed by atoms with Crippen molar-refractivity contribution in [3.8, 4) is 11.1 Å². The molecule has 3 aromatic rings. The van der Waals surface area contributed by atoms with E-state index in [1.54, 1.807) is 10.9 Å². The van der Waals surface area contributed by atoms with Crippen molar-refractivity contribution in [2.45, 2.75) is 6.54 Å². The molecule has 0 radical (unpaired) electrons. The molecule has 0 spiro atoms. The quantitative estimate of drug-likeness (QED) is 0.707. The number of rotatable bonds is 4. The zero-order chi connectivity index (χ0) is 14.7. The SMILES string of the molecule is OB(O)c1cnn(Cc2ccc(-c3ccccc3)cc2)c1. The summed E-state index contributed by atoms with van der Waals surface area (Å²) in [4.78, 5) is 0. The molecule has 104 valence electrons. The van der Waals surface area contributed by atoms with Crippen molar-refractivity contribution in [3.63, 3.8) is 0 Å². The average molecular weight is 278 g/mol. The van der Waals surface area contributed by atoms with Crippen LogP contribution in [0.5, 0.6) is 0 Å². The fraction of sp³-hybridized carbons (Fsp3) is 0.0625. The highest BCUT2D eigenvalue weighted by Gasteiger charge is 2.13. The van der Waals surface area contributed by atoms with Crippen LogP contribution >= 0.6 is 0 Å². The molecule has 4 nitrogen and oxygen atoms in total. The van der Waals surface area contributed by atoms with Gasteiger partial charge in [-0.05, 0) is 16.7 Å². The van der Waals surface area contributed by atoms with Gasteiger partial charge in [-0.2, -0.15) is 5.10 Å². The van der Waals surface area contributed by atoms with Gasteiger partial charge < -0.3 is 10.0 Å². The molecule has 0 atom stereocenters. The molecule has 2 N–H and O–H groups in total. The third kappa shape index (κ3) is 3.21. The van der Waals surface area contributed by atoms with Crippen LogP contribution in [-0.2, 0) is 6.54 Å². The van der Waals surface area contributed by atoms with Crippen molar-refractivity contribution in [3.05, 3.63) is 72.6 Å². The molecule has 3 rings (SSSR count). The first kappa shape index (κ1) is 13.6. The summed E-state index contributed by atoms with van der Waals surface area (Å²) in [5, 5.41) is 22.2. The van der Waals surface area contributed by atoms with Crippen molar-refractivity contribution >= 4 is 12.6 Å². The third-order valence-corrected chi connectivity index (χ3v) is 3.36. The largest absolute Gasteiger partial charge is 0.491 e. The second-order valence-electron chi connectivity index (χ2n) is 4.91. The minimum atomic E-state index is -1.47. The zero-order valence-corrected chi connectivity index (χ0v) is 11.4. The Labute approximate surface area is 123 Å². The van der Waals surface area contributed by atoms with Gasteiger partial charge in [0.05, 0.1) is 6.54 Å². The summed E-state index contributed by atoms with van der Waals surface area (Å²) < 4.78 is 1.69. The van der Waals surface area contributed by atoms with Gasteiger partial charge in [0.15, 0.2) is 0 Å². The van der Waals surface area contributed by atoms with Crippen LogP contribution in [0.25, 0.3) is 11.1 Å². The maximum absolute atomic E-state index is 9.07. The normalized spacial score (nSPS) is 10.6. The van der Waals surface area contributed by atoms with E-state index in [4.69, 9.17) is 10.0 Å². The van der Waals surface area contributed by atoms with E-state index < -0.39 is 7.12 Å². The molecule has 0 aliphatic heterocycles. The molecule has 0 aliphatic carbocycles. The summed E-state index contributed by atoms with van der Waals surface area (Å²) in [7, 11) is -1.47. The van der Waals surface area contributed by atoms with Crippen LogP contribution < -0.4 is 5.46 Å². The van der Waals surface area contributed by atoms with E-state index >= 15 is 0 Å². The zero-order valence-electron chi connectivity index (χ0n) is 11.4. The van der Waals surface area contributed by atoms with Crippen molar-refractivity contribution < 1.29 is 10.0 Å². The molecule has 1 heterocycles. The number of aromatic nitrogens is 2. The standard InChI is InChI=1S/C16H15BN2O2/c20-17(21)16-10-18-19(12-16)11-13-6-8-15(9-7-13)14-4-2-1-3-5-14/h1-10,12,20-21H,11H2. The van der Waals surface area contributed by atoms with E-state index in [1.807, 2.05) is 18.2 Å². The number of hydrogen-bond acceptors (Lipinski definition) is 3. The molecule has 1 aromatic heterocycles. The van der Waals surface area contributed by atoms with E-state index in [2.05, 4.69) is 41.5 Å². The predicted octanol–water partition coefficient (Wildman–Crippen LogP) is 1.28. The molecule has 0 amide bonds. The monoisotopic (exact) mass is 278 g/mol. The van der Waals surface area contributed by atoms with Crippen molar-refractivity contribution in [1.82, 2.24) is 9.78 Å². The molecule has 2 aromatic carbocycles. The van der Waals surface area contributed by atoms with Gasteiger partial charge in [-0.15, -0.1) is 0 Å². The number of hydrogen-bond donors (Lipinski definition) is 2. The van der Waals surface area contributed by atoms with Gasteiger partial charge in [0.2, 0.25) is 0 Å². The minimum Gasteiger partial charge on any atom is -0.423 e. The first-order valence-electron chi connectivity index (χ1n) is 6.75. The lowest BCUT2D eigenvalue weighted by atomic mass is 9.83. The second kappa shape index (κ2) is 5.95. The van der Waals surface area contributed by atoms with Gasteiger partial charge in [0, 0.05) is 17.9 Å². The highest BCUT2D eigenvalue weighted by Crippen LogP contribution is 2.19. The van der Waals surface area contributed by atoms with Crippen LogP contribution in [-0.4, -0.2) is 26.9 Å². The van der Waals surface area contributed by atoms with Gasteiger partial charge in [0.1, 0.15) is 0 Å². The number of nitrogens with zero attached hydrogens (tertiary/aromatic N) is 2. The smallest absolute Gasteiger partial charge is 0.423 e. The molecule has 5 heteroatoms. The van der Waals surface area contributed by atoms with Crippen LogP contribution in [0, 0.1) is 0 Å². The summed E-state index contributed by atoms with van der Waals surface area (Å²) >= 11 is 0. The summed E-state index contributed by atoms with van der Waals surface area (Å²) in [6.45, 7) is 0.599. The van der Waals surface area contributed by atoms with Crippen molar-refractivity contribution in [1.29, 1.82) is 0 Å². The van der Waals surface area contributed by atoms with Crippen molar-refractivity contribution in [2.75, 3.05) is 0 Å². The Morgan fingerprint density at radius 1 is 0.905 bits per heavy atom. The summed E-state index contributed by atoms with van der Waals surface area (Å²) in [5.41, 5.74) is 3.87. The van der Waals surface area contributed by atoms with Crippen LogP contribution in [0.3, 0.4) is 0 Å². The Balaban J connectivity index is 1.75. The fourth-order valence-electron chi connectivity index (χ4n) is 2.22. The maximum Gasteiger partial charge on any atom is 0.491 e. The first-order chi connectivity index (χ1) is 10.2. The molecular weight excluding hydrogens is 263 g/mol. The Morgan fingerprint density at radius 3 is 2.19 bits per heavy atom. The fourth-order valence-corrected chi connectivity index (χ4v) is 2.22. The van der Waals surface area contributed by atoms with E-state index in [9.17, 15) is 0 Å². The lowest BCUT2D eigenvalue weighted by molar-refractivity contribution is 0.425. The summed E-state index contributed by atoms with van der Waals surface area (Å²) in [6, 6.07) is 18.5. The van der Waals surface area contributed by atoms with Gasteiger partial charge in [0.25, 0.3) is 0 Å². The minimum absolute atomic E-state index is 0.399. The lowest BCUT2D eigenvalue weighted by Crippen LogP contribution is -2.28. The van der Waals surface area contributed by atoms with Gasteiger partial charge in [-0.3, -0.25) is 4.68 Å².